The van der Waals surface area contributed by atoms with Crippen molar-refractivity contribution in [1.82, 2.24) is 9.97 Å². The molecule has 118 valence electrons. The zero-order chi connectivity index (χ0) is 15.4. The monoisotopic (exact) mass is 300 g/mol. The summed E-state index contributed by atoms with van der Waals surface area (Å²) in [7, 11) is 0. The minimum atomic E-state index is 0.801. The van der Waals surface area contributed by atoms with Gasteiger partial charge < -0.3 is 8.83 Å². The SMILES string of the molecule is CCCCCc1nc2cc3nc(CCCCC)oc3cc2o1. The highest BCUT2D eigenvalue weighted by molar-refractivity contribution is 5.89. The second-order valence-corrected chi connectivity index (χ2v) is 5.92. The van der Waals surface area contributed by atoms with Crippen molar-refractivity contribution in [1.29, 1.82) is 0 Å². The fourth-order valence-corrected chi connectivity index (χ4v) is 2.71. The van der Waals surface area contributed by atoms with E-state index >= 15 is 0 Å². The lowest BCUT2D eigenvalue weighted by molar-refractivity contribution is 0.506. The van der Waals surface area contributed by atoms with Crippen LogP contribution >= 0.6 is 0 Å². The molecule has 2 heterocycles. The molecule has 0 saturated carbocycles. The third-order valence-electron chi connectivity index (χ3n) is 3.97. The molecule has 0 aliphatic carbocycles. The fourth-order valence-electron chi connectivity index (χ4n) is 2.71. The van der Waals surface area contributed by atoms with Crippen molar-refractivity contribution < 1.29 is 8.83 Å². The number of aryl methyl sites for hydroxylation is 2. The third kappa shape index (κ3) is 3.32. The van der Waals surface area contributed by atoms with Crippen LogP contribution in [0.1, 0.15) is 64.2 Å². The molecule has 3 aromatic rings. The van der Waals surface area contributed by atoms with E-state index in [1.54, 1.807) is 0 Å². The zero-order valence-corrected chi connectivity index (χ0v) is 13.5. The molecule has 0 bridgehead atoms. The van der Waals surface area contributed by atoms with E-state index in [0.29, 0.717) is 0 Å². The van der Waals surface area contributed by atoms with Crippen molar-refractivity contribution in [2.24, 2.45) is 0 Å². The van der Waals surface area contributed by atoms with Crippen molar-refractivity contribution in [3.05, 3.63) is 23.9 Å². The van der Waals surface area contributed by atoms with Crippen molar-refractivity contribution in [3.63, 3.8) is 0 Å². The second-order valence-electron chi connectivity index (χ2n) is 5.92. The number of rotatable bonds is 8. The first-order valence-electron chi connectivity index (χ1n) is 8.49. The second kappa shape index (κ2) is 6.95. The summed E-state index contributed by atoms with van der Waals surface area (Å²) in [6, 6.07) is 3.90. The normalized spacial score (nSPS) is 11.7. The average molecular weight is 300 g/mol. The molecule has 4 heteroatoms. The molecular formula is C18H24N2O2. The molecule has 4 nitrogen and oxygen atoms in total. The molecular weight excluding hydrogens is 276 g/mol. The van der Waals surface area contributed by atoms with Gasteiger partial charge in [-0.2, -0.15) is 0 Å². The molecule has 0 atom stereocenters. The van der Waals surface area contributed by atoms with Gasteiger partial charge in [-0.3, -0.25) is 0 Å². The lowest BCUT2D eigenvalue weighted by Gasteiger charge is -1.92. The van der Waals surface area contributed by atoms with Gasteiger partial charge in [0.05, 0.1) is 0 Å². The highest BCUT2D eigenvalue weighted by Gasteiger charge is 2.11. The molecule has 0 amide bonds. The molecule has 0 unspecified atom stereocenters. The Balaban J connectivity index is 1.79. The van der Waals surface area contributed by atoms with Gasteiger partial charge in [0, 0.05) is 18.9 Å². The summed E-state index contributed by atoms with van der Waals surface area (Å²) in [6.45, 7) is 4.40. The lowest BCUT2D eigenvalue weighted by atomic mass is 10.2. The summed E-state index contributed by atoms with van der Waals surface area (Å²) < 4.78 is 11.7. The van der Waals surface area contributed by atoms with E-state index in [1.807, 2.05) is 12.1 Å². The van der Waals surface area contributed by atoms with E-state index in [9.17, 15) is 0 Å². The first-order valence-corrected chi connectivity index (χ1v) is 8.49. The molecule has 0 N–H and O–H groups in total. The molecule has 0 radical (unpaired) electrons. The average Bonchev–Trinajstić information content (AvgIpc) is 3.07. The van der Waals surface area contributed by atoms with Gasteiger partial charge in [0.2, 0.25) is 0 Å². The summed E-state index contributed by atoms with van der Waals surface area (Å²) in [4.78, 5) is 9.14. The van der Waals surface area contributed by atoms with Gasteiger partial charge in [0.25, 0.3) is 0 Å². The van der Waals surface area contributed by atoms with Crippen molar-refractivity contribution in [3.8, 4) is 0 Å². The molecule has 3 rings (SSSR count). The molecule has 0 fully saturated rings. The number of unbranched alkanes of at least 4 members (excludes halogenated alkanes) is 4. The van der Waals surface area contributed by atoms with Crippen LogP contribution in [0, 0.1) is 0 Å². The van der Waals surface area contributed by atoms with Crippen molar-refractivity contribution >= 4 is 22.2 Å². The molecule has 2 aromatic heterocycles. The van der Waals surface area contributed by atoms with Gasteiger partial charge in [0.1, 0.15) is 11.0 Å². The van der Waals surface area contributed by atoms with Gasteiger partial charge >= 0.3 is 0 Å². The van der Waals surface area contributed by atoms with Crippen LogP contribution < -0.4 is 0 Å². The number of aromatic nitrogens is 2. The summed E-state index contributed by atoms with van der Waals surface area (Å²) in [5, 5.41) is 0. The van der Waals surface area contributed by atoms with E-state index < -0.39 is 0 Å². The molecule has 0 spiro atoms. The third-order valence-corrected chi connectivity index (χ3v) is 3.97. The number of fused-ring (bicyclic) bond motifs is 2. The van der Waals surface area contributed by atoms with Crippen LogP contribution in [-0.4, -0.2) is 9.97 Å². The zero-order valence-electron chi connectivity index (χ0n) is 13.5. The van der Waals surface area contributed by atoms with Crippen LogP contribution in [0.5, 0.6) is 0 Å². The van der Waals surface area contributed by atoms with Crippen molar-refractivity contribution in [2.75, 3.05) is 0 Å². The highest BCUT2D eigenvalue weighted by atomic mass is 16.4. The van der Waals surface area contributed by atoms with Crippen LogP contribution in [0.3, 0.4) is 0 Å². The standard InChI is InChI=1S/C18H24N2O2/c1-3-5-7-9-17-19-13-11-14-16(12-15(13)21-17)22-18(20-14)10-8-6-4-2/h11-12H,3-10H2,1-2H3. The largest absolute Gasteiger partial charge is 0.441 e. The number of nitrogens with zero attached hydrogens (tertiary/aromatic N) is 2. The topological polar surface area (TPSA) is 52.1 Å². The Kier molecular flexibility index (Phi) is 4.76. The number of hydrogen-bond acceptors (Lipinski definition) is 4. The minimum absolute atomic E-state index is 0.801. The first-order chi connectivity index (χ1) is 10.8. The van der Waals surface area contributed by atoms with E-state index in [0.717, 1.165) is 59.7 Å². The van der Waals surface area contributed by atoms with E-state index in [-0.39, 0.29) is 0 Å². The van der Waals surface area contributed by atoms with Crippen molar-refractivity contribution in [2.45, 2.75) is 65.2 Å². The molecule has 22 heavy (non-hydrogen) atoms. The molecule has 0 aliphatic heterocycles. The molecule has 1 aromatic carbocycles. The highest BCUT2D eigenvalue weighted by Crippen LogP contribution is 2.25. The lowest BCUT2D eigenvalue weighted by Crippen LogP contribution is -1.84. The van der Waals surface area contributed by atoms with E-state index in [4.69, 9.17) is 8.83 Å². The van der Waals surface area contributed by atoms with Gasteiger partial charge in [-0.1, -0.05) is 39.5 Å². The Hall–Kier alpha value is -1.84. The number of benzene rings is 1. The van der Waals surface area contributed by atoms with Crippen LogP contribution in [-0.2, 0) is 12.8 Å². The van der Waals surface area contributed by atoms with Crippen LogP contribution in [0.2, 0.25) is 0 Å². The summed E-state index contributed by atoms with van der Waals surface area (Å²) in [6.07, 6.45) is 8.89. The molecule has 0 aliphatic rings. The van der Waals surface area contributed by atoms with Crippen LogP contribution in [0.15, 0.2) is 21.0 Å². The smallest absolute Gasteiger partial charge is 0.195 e. The Bertz CT molecular complexity index is 631. The van der Waals surface area contributed by atoms with Crippen LogP contribution in [0.4, 0.5) is 0 Å². The predicted octanol–water partition coefficient (Wildman–Crippen LogP) is 5.43. The van der Waals surface area contributed by atoms with Gasteiger partial charge in [-0.25, -0.2) is 9.97 Å². The Morgan fingerprint density at radius 3 is 1.68 bits per heavy atom. The maximum absolute atomic E-state index is 5.83. The molecule has 0 saturated heterocycles. The maximum Gasteiger partial charge on any atom is 0.195 e. The Morgan fingerprint density at radius 2 is 1.23 bits per heavy atom. The van der Waals surface area contributed by atoms with E-state index in [1.165, 1.54) is 25.7 Å². The summed E-state index contributed by atoms with van der Waals surface area (Å²) in [5.74, 6) is 1.64. The minimum Gasteiger partial charge on any atom is -0.441 e. The summed E-state index contributed by atoms with van der Waals surface area (Å²) in [5.41, 5.74) is 3.37. The summed E-state index contributed by atoms with van der Waals surface area (Å²) >= 11 is 0. The Morgan fingerprint density at radius 1 is 0.727 bits per heavy atom. The van der Waals surface area contributed by atoms with E-state index in [2.05, 4.69) is 23.8 Å². The van der Waals surface area contributed by atoms with Gasteiger partial charge in [-0.15, -0.1) is 0 Å². The number of hydrogen-bond donors (Lipinski definition) is 0. The fraction of sp³-hybridized carbons (Fsp3) is 0.556. The Labute approximate surface area is 130 Å². The van der Waals surface area contributed by atoms with Crippen LogP contribution in [0.25, 0.3) is 22.2 Å². The maximum atomic E-state index is 5.83. The first kappa shape index (κ1) is 15.1. The number of oxazole rings is 2. The van der Waals surface area contributed by atoms with Gasteiger partial charge in [0.15, 0.2) is 22.9 Å². The van der Waals surface area contributed by atoms with Gasteiger partial charge in [-0.05, 0) is 18.9 Å². The predicted molar refractivity (Wildman–Crippen MR) is 88.0 cm³/mol. The quantitative estimate of drug-likeness (QED) is 0.520.